The molecule has 0 aliphatic heterocycles. The standard InChI is InChI=1S/C21H22FN3O5/c1-4-27-16-11-14(12-17(28-5-2)18(16)29-6-3)20-24-25-21(30-20)23-19(26)13-7-9-15(22)10-8-13/h7-12H,4-6H2,1-3H3,(H,23,25,26). The summed E-state index contributed by atoms with van der Waals surface area (Å²) in [6, 6.07) is 8.42. The van der Waals surface area contributed by atoms with Gasteiger partial charge in [0.15, 0.2) is 11.5 Å². The van der Waals surface area contributed by atoms with Crippen molar-refractivity contribution in [2.45, 2.75) is 20.8 Å². The molecule has 0 bridgehead atoms. The number of amides is 1. The van der Waals surface area contributed by atoms with Crippen LogP contribution in [0.1, 0.15) is 31.1 Å². The minimum atomic E-state index is -0.498. The fraction of sp³-hybridized carbons (Fsp3) is 0.286. The zero-order valence-electron chi connectivity index (χ0n) is 16.9. The molecule has 0 atom stereocenters. The minimum Gasteiger partial charge on any atom is -0.490 e. The number of halogens is 1. The minimum absolute atomic E-state index is 0.0934. The lowest BCUT2D eigenvalue weighted by atomic mass is 10.2. The Labute approximate surface area is 173 Å². The largest absolute Gasteiger partial charge is 0.490 e. The third kappa shape index (κ3) is 4.86. The average molecular weight is 415 g/mol. The quantitative estimate of drug-likeness (QED) is 0.556. The Morgan fingerprint density at radius 1 is 0.967 bits per heavy atom. The topological polar surface area (TPSA) is 95.7 Å². The highest BCUT2D eigenvalue weighted by Gasteiger charge is 2.19. The Hall–Kier alpha value is -3.62. The maximum atomic E-state index is 13.0. The van der Waals surface area contributed by atoms with Crippen LogP contribution in [0.25, 0.3) is 11.5 Å². The van der Waals surface area contributed by atoms with E-state index in [0.29, 0.717) is 42.6 Å². The van der Waals surface area contributed by atoms with E-state index in [4.69, 9.17) is 18.6 Å². The van der Waals surface area contributed by atoms with Crippen molar-refractivity contribution in [2.75, 3.05) is 25.1 Å². The van der Waals surface area contributed by atoms with Gasteiger partial charge in [0, 0.05) is 11.1 Å². The Morgan fingerprint density at radius 3 is 2.13 bits per heavy atom. The normalized spacial score (nSPS) is 10.5. The van der Waals surface area contributed by atoms with Crippen molar-refractivity contribution in [3.63, 3.8) is 0 Å². The predicted octanol–water partition coefficient (Wildman–Crippen LogP) is 4.32. The van der Waals surface area contributed by atoms with Crippen molar-refractivity contribution >= 4 is 11.9 Å². The number of carbonyl (C=O) groups is 1. The van der Waals surface area contributed by atoms with E-state index in [2.05, 4.69) is 15.5 Å². The molecule has 3 rings (SSSR count). The van der Waals surface area contributed by atoms with Crippen LogP contribution >= 0.6 is 0 Å². The molecule has 0 saturated carbocycles. The van der Waals surface area contributed by atoms with E-state index >= 15 is 0 Å². The van der Waals surface area contributed by atoms with Gasteiger partial charge in [0.1, 0.15) is 5.82 Å². The Morgan fingerprint density at radius 2 is 1.57 bits per heavy atom. The van der Waals surface area contributed by atoms with Gasteiger partial charge >= 0.3 is 6.01 Å². The summed E-state index contributed by atoms with van der Waals surface area (Å²) in [5.41, 5.74) is 0.801. The lowest BCUT2D eigenvalue weighted by Crippen LogP contribution is -2.12. The van der Waals surface area contributed by atoms with Crippen LogP contribution in [0.2, 0.25) is 0 Å². The summed E-state index contributed by atoms with van der Waals surface area (Å²) in [5, 5.41) is 10.3. The maximum absolute atomic E-state index is 13.0. The number of benzene rings is 2. The molecule has 1 heterocycles. The average Bonchev–Trinajstić information content (AvgIpc) is 3.19. The van der Waals surface area contributed by atoms with E-state index in [1.54, 1.807) is 12.1 Å². The molecule has 0 aliphatic rings. The van der Waals surface area contributed by atoms with Crippen molar-refractivity contribution in [3.8, 4) is 28.7 Å². The number of ether oxygens (including phenoxy) is 3. The lowest BCUT2D eigenvalue weighted by molar-refractivity contribution is 0.102. The first-order valence-electron chi connectivity index (χ1n) is 9.52. The van der Waals surface area contributed by atoms with Gasteiger partial charge in [-0.1, -0.05) is 5.10 Å². The highest BCUT2D eigenvalue weighted by atomic mass is 19.1. The number of carbonyl (C=O) groups excluding carboxylic acids is 1. The molecule has 0 unspecified atom stereocenters. The van der Waals surface area contributed by atoms with Crippen LogP contribution in [-0.4, -0.2) is 35.9 Å². The fourth-order valence-electron chi connectivity index (χ4n) is 2.67. The van der Waals surface area contributed by atoms with Crippen LogP contribution in [-0.2, 0) is 0 Å². The van der Waals surface area contributed by atoms with E-state index in [1.165, 1.54) is 24.3 Å². The second kappa shape index (κ2) is 9.73. The number of hydrogen-bond donors (Lipinski definition) is 1. The van der Waals surface area contributed by atoms with Crippen LogP contribution in [0.15, 0.2) is 40.8 Å². The van der Waals surface area contributed by atoms with Crippen molar-refractivity contribution in [3.05, 3.63) is 47.8 Å². The number of aromatic nitrogens is 2. The van der Waals surface area contributed by atoms with Crippen LogP contribution < -0.4 is 19.5 Å². The van der Waals surface area contributed by atoms with Gasteiger partial charge in [-0.2, -0.15) is 0 Å². The summed E-state index contributed by atoms with van der Waals surface area (Å²) in [5.74, 6) is 0.689. The first-order valence-corrected chi connectivity index (χ1v) is 9.52. The van der Waals surface area contributed by atoms with Crippen LogP contribution in [0.5, 0.6) is 17.2 Å². The number of nitrogens with one attached hydrogen (secondary N) is 1. The van der Waals surface area contributed by atoms with E-state index in [0.717, 1.165) is 0 Å². The lowest BCUT2D eigenvalue weighted by Gasteiger charge is -2.16. The number of rotatable bonds is 9. The molecule has 2 aromatic carbocycles. The summed E-state index contributed by atoms with van der Waals surface area (Å²) >= 11 is 0. The zero-order chi connectivity index (χ0) is 21.5. The highest BCUT2D eigenvalue weighted by Crippen LogP contribution is 2.41. The molecule has 1 aromatic heterocycles. The molecule has 158 valence electrons. The van der Waals surface area contributed by atoms with E-state index in [1.807, 2.05) is 20.8 Å². The molecule has 0 aliphatic carbocycles. The monoisotopic (exact) mass is 415 g/mol. The molecule has 9 heteroatoms. The Kier molecular flexibility index (Phi) is 6.84. The third-order valence-corrected chi connectivity index (χ3v) is 3.91. The molecule has 3 aromatic rings. The SMILES string of the molecule is CCOc1cc(-c2nnc(NC(=O)c3ccc(F)cc3)o2)cc(OCC)c1OCC. The maximum Gasteiger partial charge on any atom is 0.322 e. The van der Waals surface area contributed by atoms with Crippen molar-refractivity contribution in [1.82, 2.24) is 10.2 Å². The smallest absolute Gasteiger partial charge is 0.322 e. The predicted molar refractivity (Wildman–Crippen MR) is 108 cm³/mol. The van der Waals surface area contributed by atoms with Gasteiger partial charge in [-0.15, -0.1) is 5.10 Å². The highest BCUT2D eigenvalue weighted by molar-refractivity contribution is 6.03. The van der Waals surface area contributed by atoms with Gasteiger partial charge in [0.25, 0.3) is 5.91 Å². The molecule has 8 nitrogen and oxygen atoms in total. The van der Waals surface area contributed by atoms with Gasteiger partial charge in [0.05, 0.1) is 19.8 Å². The van der Waals surface area contributed by atoms with E-state index < -0.39 is 11.7 Å². The van der Waals surface area contributed by atoms with E-state index in [9.17, 15) is 9.18 Å². The summed E-state index contributed by atoms with van der Waals surface area (Å²) in [7, 11) is 0. The van der Waals surface area contributed by atoms with Crippen molar-refractivity contribution < 1.29 is 27.8 Å². The van der Waals surface area contributed by atoms with Gasteiger partial charge in [0.2, 0.25) is 11.6 Å². The molecular weight excluding hydrogens is 393 g/mol. The first kappa shape index (κ1) is 21.1. The molecule has 0 spiro atoms. The Bertz CT molecular complexity index is 977. The molecule has 0 fully saturated rings. The number of nitrogens with zero attached hydrogens (tertiary/aromatic N) is 2. The van der Waals surface area contributed by atoms with Crippen LogP contribution in [0, 0.1) is 5.82 Å². The second-order valence-electron chi connectivity index (χ2n) is 5.97. The summed E-state index contributed by atoms with van der Waals surface area (Å²) in [6.45, 7) is 6.89. The molecular formula is C21H22FN3O5. The van der Waals surface area contributed by atoms with Crippen molar-refractivity contribution in [1.29, 1.82) is 0 Å². The number of anilines is 1. The fourth-order valence-corrected chi connectivity index (χ4v) is 2.67. The first-order chi connectivity index (χ1) is 14.5. The number of hydrogen-bond acceptors (Lipinski definition) is 7. The summed E-state index contributed by atoms with van der Waals surface area (Å²) < 4.78 is 35.6. The molecule has 0 saturated heterocycles. The third-order valence-electron chi connectivity index (χ3n) is 3.91. The summed E-state index contributed by atoms with van der Waals surface area (Å²) in [6.07, 6.45) is 0. The van der Waals surface area contributed by atoms with Gasteiger partial charge in [-0.05, 0) is 57.2 Å². The molecule has 0 radical (unpaired) electrons. The molecule has 1 N–H and O–H groups in total. The van der Waals surface area contributed by atoms with Gasteiger partial charge < -0.3 is 18.6 Å². The van der Waals surface area contributed by atoms with Crippen LogP contribution in [0.4, 0.5) is 10.4 Å². The second-order valence-corrected chi connectivity index (χ2v) is 5.97. The molecule has 1 amide bonds. The molecule has 30 heavy (non-hydrogen) atoms. The van der Waals surface area contributed by atoms with E-state index in [-0.39, 0.29) is 17.5 Å². The van der Waals surface area contributed by atoms with Crippen molar-refractivity contribution in [2.24, 2.45) is 0 Å². The Balaban J connectivity index is 1.87. The van der Waals surface area contributed by atoms with Gasteiger partial charge in [-0.3, -0.25) is 10.1 Å². The summed E-state index contributed by atoms with van der Waals surface area (Å²) in [4.78, 5) is 12.2. The van der Waals surface area contributed by atoms with Gasteiger partial charge in [-0.25, -0.2) is 4.39 Å². The van der Waals surface area contributed by atoms with Crippen LogP contribution in [0.3, 0.4) is 0 Å². The zero-order valence-corrected chi connectivity index (χ0v) is 16.9.